The van der Waals surface area contributed by atoms with Gasteiger partial charge in [-0.2, -0.15) is 0 Å². The van der Waals surface area contributed by atoms with Gasteiger partial charge in [0.05, 0.1) is 13.2 Å². The molecular weight excluding hydrogens is 226 g/mol. The fraction of sp³-hybridized carbons (Fsp3) is 0.556. The average molecular weight is 243 g/mol. The highest BCUT2D eigenvalue weighted by Gasteiger charge is 2.12. The Bertz CT molecular complexity index is 490. The first-order chi connectivity index (χ1) is 7.97. The molecular formula is C9H17N5O3. The van der Waals surface area contributed by atoms with Crippen molar-refractivity contribution in [2.75, 3.05) is 39.0 Å². The number of methoxy groups -OCH3 is 1. The minimum atomic E-state index is -0.547. The Morgan fingerprint density at radius 2 is 2.12 bits per heavy atom. The lowest BCUT2D eigenvalue weighted by Crippen LogP contribution is -2.37. The third kappa shape index (κ3) is 3.08. The van der Waals surface area contributed by atoms with Gasteiger partial charge in [-0.3, -0.25) is 14.3 Å². The van der Waals surface area contributed by atoms with Crippen molar-refractivity contribution in [3.8, 4) is 0 Å². The summed E-state index contributed by atoms with van der Waals surface area (Å²) >= 11 is 0. The summed E-state index contributed by atoms with van der Waals surface area (Å²) in [5.41, 5.74) is 7.57. The van der Waals surface area contributed by atoms with Gasteiger partial charge in [-0.1, -0.05) is 0 Å². The number of aromatic nitrogens is 2. The van der Waals surface area contributed by atoms with E-state index in [1.807, 2.05) is 0 Å². The number of aromatic amines is 1. The molecule has 96 valence electrons. The van der Waals surface area contributed by atoms with Crippen LogP contribution < -0.4 is 22.4 Å². The van der Waals surface area contributed by atoms with Gasteiger partial charge in [0.2, 0.25) is 0 Å². The Balaban J connectivity index is 3.23. The number of nitrogens with two attached hydrogens (primary N) is 1. The van der Waals surface area contributed by atoms with Crippen LogP contribution in [0.3, 0.4) is 0 Å². The van der Waals surface area contributed by atoms with E-state index in [9.17, 15) is 9.59 Å². The van der Waals surface area contributed by atoms with E-state index in [0.717, 1.165) is 0 Å². The van der Waals surface area contributed by atoms with Gasteiger partial charge < -0.3 is 15.9 Å². The van der Waals surface area contributed by atoms with Gasteiger partial charge in [-0.25, -0.2) is 9.80 Å². The molecule has 0 saturated heterocycles. The third-order valence-electron chi connectivity index (χ3n) is 2.09. The number of rotatable bonds is 5. The van der Waals surface area contributed by atoms with E-state index in [-0.39, 0.29) is 18.1 Å². The van der Waals surface area contributed by atoms with Gasteiger partial charge in [0.1, 0.15) is 5.82 Å². The normalized spacial score (nSPS) is 10.8. The van der Waals surface area contributed by atoms with E-state index in [0.29, 0.717) is 6.61 Å². The van der Waals surface area contributed by atoms with E-state index >= 15 is 0 Å². The van der Waals surface area contributed by atoms with Crippen molar-refractivity contribution in [3.05, 3.63) is 20.8 Å². The third-order valence-corrected chi connectivity index (χ3v) is 2.09. The molecule has 17 heavy (non-hydrogen) atoms. The lowest BCUT2D eigenvalue weighted by molar-refractivity contribution is 0.186. The maximum Gasteiger partial charge on any atom is 0.330 e. The molecule has 0 spiro atoms. The zero-order valence-electron chi connectivity index (χ0n) is 10.1. The SMILES string of the molecule is COCCn1c(N)c(NN(C)C)c(=O)[nH]c1=O. The number of H-pyrrole nitrogens is 1. The topological polar surface area (TPSA) is 105 Å². The van der Waals surface area contributed by atoms with E-state index in [1.54, 1.807) is 19.1 Å². The van der Waals surface area contributed by atoms with E-state index in [4.69, 9.17) is 10.5 Å². The van der Waals surface area contributed by atoms with E-state index < -0.39 is 11.2 Å². The van der Waals surface area contributed by atoms with Crippen LogP contribution in [0.4, 0.5) is 11.5 Å². The number of ether oxygens (including phenoxy) is 1. The van der Waals surface area contributed by atoms with Crippen molar-refractivity contribution < 1.29 is 4.74 Å². The first kappa shape index (κ1) is 13.3. The monoisotopic (exact) mass is 243 g/mol. The van der Waals surface area contributed by atoms with E-state index in [2.05, 4.69) is 10.4 Å². The van der Waals surface area contributed by atoms with Crippen LogP contribution in [0.5, 0.6) is 0 Å². The van der Waals surface area contributed by atoms with Crippen LogP contribution in [-0.2, 0) is 11.3 Å². The summed E-state index contributed by atoms with van der Waals surface area (Å²) in [4.78, 5) is 25.3. The fourth-order valence-corrected chi connectivity index (χ4v) is 1.32. The predicted molar refractivity (Wildman–Crippen MR) is 64.9 cm³/mol. The summed E-state index contributed by atoms with van der Waals surface area (Å²) in [6, 6.07) is 0. The van der Waals surface area contributed by atoms with Crippen LogP contribution in [-0.4, -0.2) is 42.4 Å². The van der Waals surface area contributed by atoms with Crippen molar-refractivity contribution in [1.29, 1.82) is 0 Å². The van der Waals surface area contributed by atoms with Crippen molar-refractivity contribution >= 4 is 11.5 Å². The van der Waals surface area contributed by atoms with Crippen LogP contribution in [0.1, 0.15) is 0 Å². The van der Waals surface area contributed by atoms with Crippen LogP contribution in [0.25, 0.3) is 0 Å². The average Bonchev–Trinajstić information content (AvgIpc) is 2.23. The Kier molecular flexibility index (Phi) is 4.30. The van der Waals surface area contributed by atoms with Crippen LogP contribution in [0, 0.1) is 0 Å². The maximum absolute atomic E-state index is 11.6. The number of anilines is 2. The summed E-state index contributed by atoms with van der Waals surface area (Å²) in [6.45, 7) is 0.609. The van der Waals surface area contributed by atoms with E-state index in [1.165, 1.54) is 11.7 Å². The Labute approximate surface area is 98.0 Å². The van der Waals surface area contributed by atoms with Gasteiger partial charge in [0.25, 0.3) is 5.56 Å². The molecule has 0 aromatic carbocycles. The number of hydrogen-bond donors (Lipinski definition) is 3. The lowest BCUT2D eigenvalue weighted by atomic mass is 10.4. The second-order valence-corrected chi connectivity index (χ2v) is 3.67. The first-order valence-electron chi connectivity index (χ1n) is 5.03. The van der Waals surface area contributed by atoms with Gasteiger partial charge in [-0.05, 0) is 0 Å². The largest absolute Gasteiger partial charge is 0.383 e. The highest BCUT2D eigenvalue weighted by molar-refractivity contribution is 5.59. The quantitative estimate of drug-likeness (QED) is 0.552. The molecule has 0 radical (unpaired) electrons. The second-order valence-electron chi connectivity index (χ2n) is 3.67. The fourth-order valence-electron chi connectivity index (χ4n) is 1.32. The van der Waals surface area contributed by atoms with Crippen LogP contribution >= 0.6 is 0 Å². The van der Waals surface area contributed by atoms with Gasteiger partial charge >= 0.3 is 5.69 Å². The summed E-state index contributed by atoms with van der Waals surface area (Å²) in [5.74, 6) is 0.0875. The zero-order valence-corrected chi connectivity index (χ0v) is 10.1. The summed E-state index contributed by atoms with van der Waals surface area (Å²) in [6.07, 6.45) is 0. The number of nitrogens with zero attached hydrogens (tertiary/aromatic N) is 2. The lowest BCUT2D eigenvalue weighted by Gasteiger charge is -2.17. The van der Waals surface area contributed by atoms with Crippen molar-refractivity contribution in [2.45, 2.75) is 6.54 Å². The molecule has 1 rings (SSSR count). The second kappa shape index (κ2) is 5.51. The number of nitrogen functional groups attached to an aromatic ring is 1. The molecule has 0 aliphatic carbocycles. The Hall–Kier alpha value is -1.80. The molecule has 8 nitrogen and oxygen atoms in total. The summed E-state index contributed by atoms with van der Waals surface area (Å²) < 4.78 is 6.12. The van der Waals surface area contributed by atoms with Crippen LogP contribution in [0.2, 0.25) is 0 Å². The highest BCUT2D eigenvalue weighted by atomic mass is 16.5. The molecule has 0 bridgehead atoms. The molecule has 0 aliphatic heterocycles. The van der Waals surface area contributed by atoms with Crippen molar-refractivity contribution in [3.63, 3.8) is 0 Å². The molecule has 1 heterocycles. The minimum absolute atomic E-state index is 0.0875. The summed E-state index contributed by atoms with van der Waals surface area (Å²) in [5, 5.41) is 1.56. The molecule has 0 saturated carbocycles. The highest BCUT2D eigenvalue weighted by Crippen LogP contribution is 2.09. The van der Waals surface area contributed by atoms with Gasteiger partial charge in [-0.15, -0.1) is 0 Å². The standard InChI is InChI=1S/C9H17N5O3/c1-13(2)12-6-7(10)14(4-5-17-3)9(16)11-8(6)15/h12H,4-5,10H2,1-3H3,(H,11,15,16). The number of hydrazine groups is 1. The predicted octanol–water partition coefficient (Wildman–Crippen LogP) is -1.35. The first-order valence-corrected chi connectivity index (χ1v) is 5.03. The smallest absolute Gasteiger partial charge is 0.330 e. The number of nitrogens with one attached hydrogen (secondary N) is 2. The van der Waals surface area contributed by atoms with Crippen molar-refractivity contribution in [2.24, 2.45) is 0 Å². The van der Waals surface area contributed by atoms with Gasteiger partial charge in [0, 0.05) is 21.2 Å². The minimum Gasteiger partial charge on any atom is -0.383 e. The molecule has 0 unspecified atom stereocenters. The Morgan fingerprint density at radius 1 is 1.47 bits per heavy atom. The molecule has 0 aliphatic rings. The van der Waals surface area contributed by atoms with Crippen LogP contribution in [0.15, 0.2) is 9.59 Å². The molecule has 4 N–H and O–H groups in total. The molecule has 0 atom stereocenters. The molecule has 0 fully saturated rings. The Morgan fingerprint density at radius 3 is 2.65 bits per heavy atom. The zero-order chi connectivity index (χ0) is 13.0. The van der Waals surface area contributed by atoms with Crippen molar-refractivity contribution in [1.82, 2.24) is 14.6 Å². The molecule has 8 heteroatoms. The molecule has 0 amide bonds. The molecule has 1 aromatic rings. The number of hydrogen-bond acceptors (Lipinski definition) is 6. The summed E-state index contributed by atoms with van der Waals surface area (Å²) in [7, 11) is 4.94. The molecule has 1 aromatic heterocycles. The van der Waals surface area contributed by atoms with Gasteiger partial charge in [0.15, 0.2) is 5.69 Å². The maximum atomic E-state index is 11.6.